The molecule has 0 radical (unpaired) electrons. The van der Waals surface area contributed by atoms with Crippen molar-refractivity contribution in [1.29, 1.82) is 0 Å². The summed E-state index contributed by atoms with van der Waals surface area (Å²) >= 11 is 0. The van der Waals surface area contributed by atoms with Gasteiger partial charge < -0.3 is 18.5 Å². The van der Waals surface area contributed by atoms with Crippen molar-refractivity contribution in [1.82, 2.24) is 9.99 Å². The topological polar surface area (TPSA) is 95.1 Å². The van der Waals surface area contributed by atoms with Gasteiger partial charge in [0.1, 0.15) is 0 Å². The molecule has 0 aliphatic carbocycles. The van der Waals surface area contributed by atoms with Crippen molar-refractivity contribution in [2.75, 3.05) is 7.11 Å². The first kappa shape index (κ1) is 21.6. The molecule has 2 aromatic carbocycles. The molecule has 1 N–H and O–H groups in total. The Balaban J connectivity index is 1.43. The van der Waals surface area contributed by atoms with Gasteiger partial charge in [-0.15, -0.1) is 0 Å². The van der Waals surface area contributed by atoms with Crippen LogP contribution in [0.4, 0.5) is 0 Å². The Kier molecular flexibility index (Phi) is 6.36. The highest BCUT2D eigenvalue weighted by molar-refractivity contribution is 6.01. The number of methoxy groups -OCH3 is 1. The molecule has 0 unspecified atom stereocenters. The Morgan fingerprint density at radius 3 is 2.33 bits per heavy atom. The second kappa shape index (κ2) is 9.69. The van der Waals surface area contributed by atoms with Crippen molar-refractivity contribution in [3.63, 3.8) is 0 Å². The summed E-state index contributed by atoms with van der Waals surface area (Å²) in [5.74, 6) is -0.296. The third-order valence-corrected chi connectivity index (χ3v) is 4.86. The standard InChI is InChI=1S/C25H21N3O5/c1-17(26-27-24(29)18-7-10-20(11-8-18)28-13-3-4-14-28)19-9-12-21(23(16-19)31-2)33-25(30)22-6-5-15-32-22/h3-16H,1-2H3,(H,27,29). The molecule has 0 bridgehead atoms. The van der Waals surface area contributed by atoms with E-state index in [2.05, 4.69) is 10.5 Å². The lowest BCUT2D eigenvalue weighted by molar-refractivity contribution is 0.0696. The van der Waals surface area contributed by atoms with E-state index in [1.807, 2.05) is 41.2 Å². The van der Waals surface area contributed by atoms with E-state index in [9.17, 15) is 9.59 Å². The SMILES string of the molecule is COc1cc(C(C)=NNC(=O)c2ccc(-n3cccc3)cc2)ccc1OC(=O)c1ccco1. The lowest BCUT2D eigenvalue weighted by atomic mass is 10.1. The van der Waals surface area contributed by atoms with Crippen molar-refractivity contribution in [2.24, 2.45) is 5.10 Å². The molecule has 8 nitrogen and oxygen atoms in total. The van der Waals surface area contributed by atoms with Gasteiger partial charge in [0.05, 0.1) is 19.1 Å². The third kappa shape index (κ3) is 5.01. The van der Waals surface area contributed by atoms with Crippen LogP contribution in [0.2, 0.25) is 0 Å². The maximum absolute atomic E-state index is 12.5. The van der Waals surface area contributed by atoms with E-state index < -0.39 is 5.97 Å². The number of nitrogens with zero attached hydrogens (tertiary/aromatic N) is 2. The van der Waals surface area contributed by atoms with Crippen LogP contribution in [0.3, 0.4) is 0 Å². The van der Waals surface area contributed by atoms with E-state index in [1.165, 1.54) is 19.4 Å². The average molecular weight is 443 g/mol. The molecule has 166 valence electrons. The lowest BCUT2D eigenvalue weighted by Gasteiger charge is -2.10. The van der Waals surface area contributed by atoms with Gasteiger partial charge in [0, 0.05) is 29.2 Å². The predicted molar refractivity (Wildman–Crippen MR) is 122 cm³/mol. The molecular formula is C25H21N3O5. The summed E-state index contributed by atoms with van der Waals surface area (Å²) in [6.07, 6.45) is 5.25. The van der Waals surface area contributed by atoms with Crippen LogP contribution >= 0.6 is 0 Å². The number of hydrazone groups is 1. The molecule has 1 amide bonds. The number of carbonyl (C=O) groups is 2. The summed E-state index contributed by atoms with van der Waals surface area (Å²) in [6.45, 7) is 1.75. The van der Waals surface area contributed by atoms with Crippen LogP contribution < -0.4 is 14.9 Å². The van der Waals surface area contributed by atoms with E-state index in [0.29, 0.717) is 22.6 Å². The Morgan fingerprint density at radius 2 is 1.67 bits per heavy atom. The molecule has 4 rings (SSSR count). The maximum atomic E-state index is 12.5. The van der Waals surface area contributed by atoms with E-state index in [0.717, 1.165) is 5.69 Å². The Labute approximate surface area is 190 Å². The van der Waals surface area contributed by atoms with Gasteiger partial charge in [-0.25, -0.2) is 10.2 Å². The van der Waals surface area contributed by atoms with Crippen LogP contribution in [0.15, 0.2) is 94.9 Å². The van der Waals surface area contributed by atoms with Crippen molar-refractivity contribution >= 4 is 17.6 Å². The molecule has 4 aromatic rings. The van der Waals surface area contributed by atoms with Gasteiger partial charge in [-0.2, -0.15) is 5.10 Å². The first-order valence-corrected chi connectivity index (χ1v) is 10.1. The first-order chi connectivity index (χ1) is 16.0. The largest absolute Gasteiger partial charge is 0.493 e. The Bertz CT molecular complexity index is 1270. The van der Waals surface area contributed by atoms with E-state index in [4.69, 9.17) is 13.9 Å². The van der Waals surface area contributed by atoms with Crippen LogP contribution in [0.25, 0.3) is 5.69 Å². The average Bonchev–Trinajstić information content (AvgIpc) is 3.57. The van der Waals surface area contributed by atoms with Crippen molar-refractivity contribution < 1.29 is 23.5 Å². The Hall–Kier alpha value is -4.59. The summed E-state index contributed by atoms with van der Waals surface area (Å²) in [5, 5.41) is 4.18. The van der Waals surface area contributed by atoms with Gasteiger partial charge in [0.15, 0.2) is 11.5 Å². The molecule has 0 aliphatic rings. The molecule has 0 fully saturated rings. The van der Waals surface area contributed by atoms with Crippen LogP contribution in [0.5, 0.6) is 11.5 Å². The summed E-state index contributed by atoms with van der Waals surface area (Å²) in [6, 6.07) is 19.1. The summed E-state index contributed by atoms with van der Waals surface area (Å²) < 4.78 is 17.7. The number of ether oxygens (including phenoxy) is 2. The summed E-state index contributed by atoms with van der Waals surface area (Å²) in [4.78, 5) is 24.6. The van der Waals surface area contributed by atoms with Crippen molar-refractivity contribution in [3.8, 4) is 17.2 Å². The minimum absolute atomic E-state index is 0.0861. The minimum Gasteiger partial charge on any atom is -0.493 e. The van der Waals surface area contributed by atoms with Gasteiger partial charge in [-0.3, -0.25) is 4.79 Å². The van der Waals surface area contributed by atoms with Gasteiger partial charge in [0.25, 0.3) is 5.91 Å². The highest BCUT2D eigenvalue weighted by Gasteiger charge is 2.16. The zero-order valence-electron chi connectivity index (χ0n) is 18.0. The maximum Gasteiger partial charge on any atom is 0.379 e. The van der Waals surface area contributed by atoms with Crippen LogP contribution in [-0.2, 0) is 0 Å². The van der Waals surface area contributed by atoms with E-state index in [1.54, 1.807) is 43.3 Å². The van der Waals surface area contributed by atoms with Gasteiger partial charge >= 0.3 is 5.97 Å². The van der Waals surface area contributed by atoms with E-state index >= 15 is 0 Å². The molecule has 0 spiro atoms. The normalized spacial score (nSPS) is 11.2. The highest BCUT2D eigenvalue weighted by atomic mass is 16.6. The fourth-order valence-electron chi connectivity index (χ4n) is 3.08. The van der Waals surface area contributed by atoms with E-state index in [-0.39, 0.29) is 17.4 Å². The van der Waals surface area contributed by atoms with Crippen molar-refractivity contribution in [3.05, 3.63) is 102 Å². The summed E-state index contributed by atoms with van der Waals surface area (Å²) in [7, 11) is 1.47. The monoisotopic (exact) mass is 443 g/mol. The van der Waals surface area contributed by atoms with Gasteiger partial charge in [0.2, 0.25) is 5.76 Å². The number of hydrogen-bond donors (Lipinski definition) is 1. The number of aromatic nitrogens is 1. The second-order valence-corrected chi connectivity index (χ2v) is 7.01. The van der Waals surface area contributed by atoms with Gasteiger partial charge in [-0.05, 0) is 73.7 Å². The highest BCUT2D eigenvalue weighted by Crippen LogP contribution is 2.29. The molecular weight excluding hydrogens is 422 g/mol. The molecule has 2 heterocycles. The fraction of sp³-hybridized carbons (Fsp3) is 0.0800. The number of carbonyl (C=O) groups excluding carboxylic acids is 2. The smallest absolute Gasteiger partial charge is 0.379 e. The quantitative estimate of drug-likeness (QED) is 0.197. The number of nitrogens with one attached hydrogen (secondary N) is 1. The lowest BCUT2D eigenvalue weighted by Crippen LogP contribution is -2.19. The second-order valence-electron chi connectivity index (χ2n) is 7.01. The summed E-state index contributed by atoms with van der Waals surface area (Å²) in [5.41, 5.74) is 5.24. The van der Waals surface area contributed by atoms with Crippen LogP contribution in [0, 0.1) is 0 Å². The molecule has 2 aromatic heterocycles. The molecule has 0 saturated carbocycles. The van der Waals surface area contributed by atoms with Crippen LogP contribution in [0.1, 0.15) is 33.4 Å². The third-order valence-electron chi connectivity index (χ3n) is 4.86. The minimum atomic E-state index is -0.633. The van der Waals surface area contributed by atoms with Crippen LogP contribution in [-0.4, -0.2) is 29.3 Å². The number of furan rings is 1. The Morgan fingerprint density at radius 1 is 0.939 bits per heavy atom. The molecule has 33 heavy (non-hydrogen) atoms. The number of benzene rings is 2. The zero-order chi connectivity index (χ0) is 23.2. The van der Waals surface area contributed by atoms with Gasteiger partial charge in [-0.1, -0.05) is 0 Å². The molecule has 8 heteroatoms. The molecule has 0 atom stereocenters. The molecule has 0 aliphatic heterocycles. The number of amides is 1. The molecule has 0 saturated heterocycles. The predicted octanol–water partition coefficient (Wildman–Crippen LogP) is 4.45. The number of esters is 1. The van der Waals surface area contributed by atoms with Crippen molar-refractivity contribution in [2.45, 2.75) is 6.92 Å². The number of rotatable bonds is 7. The fourth-order valence-corrected chi connectivity index (χ4v) is 3.08. The number of hydrogen-bond acceptors (Lipinski definition) is 6. The zero-order valence-corrected chi connectivity index (χ0v) is 18.0. The first-order valence-electron chi connectivity index (χ1n) is 10.1.